The number of amides is 2. The molecule has 3 aromatic carbocycles. The molecule has 0 aliphatic heterocycles. The van der Waals surface area contributed by atoms with Gasteiger partial charge in [-0.25, -0.2) is 10.1 Å². The Labute approximate surface area is 201 Å². The molecule has 0 bridgehead atoms. The minimum absolute atomic E-state index is 0.264. The topological polar surface area (TPSA) is 121 Å². The molecule has 0 spiro atoms. The van der Waals surface area contributed by atoms with E-state index in [4.69, 9.17) is 15.2 Å². The molecule has 0 fully saturated rings. The van der Waals surface area contributed by atoms with Gasteiger partial charge in [-0.05, 0) is 35.9 Å². The number of hydrogen-bond acceptors (Lipinski definition) is 6. The Bertz CT molecular complexity index is 1350. The van der Waals surface area contributed by atoms with Crippen molar-refractivity contribution in [2.24, 2.45) is 10.8 Å². The maximum Gasteiger partial charge on any atom is 0.275 e. The summed E-state index contributed by atoms with van der Waals surface area (Å²) in [4.78, 5) is 24.0. The first kappa shape index (κ1) is 23.2. The molecule has 0 radical (unpaired) electrons. The number of primary amides is 1. The van der Waals surface area contributed by atoms with Crippen LogP contribution in [0, 0.1) is 0 Å². The van der Waals surface area contributed by atoms with Crippen LogP contribution in [-0.4, -0.2) is 41.5 Å². The molecule has 0 saturated heterocycles. The quantitative estimate of drug-likeness (QED) is 0.288. The van der Waals surface area contributed by atoms with Crippen molar-refractivity contribution < 1.29 is 19.1 Å². The fraction of sp³-hybridized carbons (Fsp3) is 0.0769. The smallest absolute Gasteiger partial charge is 0.275 e. The van der Waals surface area contributed by atoms with Gasteiger partial charge in [0.15, 0.2) is 18.1 Å². The zero-order valence-electron chi connectivity index (χ0n) is 18.9. The summed E-state index contributed by atoms with van der Waals surface area (Å²) >= 11 is 0. The number of nitrogens with zero attached hydrogens (tertiary/aromatic N) is 3. The van der Waals surface area contributed by atoms with E-state index in [1.54, 1.807) is 29.1 Å². The molecule has 0 aliphatic carbocycles. The van der Waals surface area contributed by atoms with Crippen molar-refractivity contribution in [2.45, 2.75) is 0 Å². The Morgan fingerprint density at radius 3 is 2.43 bits per heavy atom. The molecule has 9 heteroatoms. The minimum atomic E-state index is -0.592. The number of benzene rings is 3. The van der Waals surface area contributed by atoms with Gasteiger partial charge in [-0.15, -0.1) is 0 Å². The van der Waals surface area contributed by atoms with Gasteiger partial charge in [0.25, 0.3) is 11.8 Å². The monoisotopic (exact) mass is 469 g/mol. The average Bonchev–Trinajstić information content (AvgIpc) is 3.34. The van der Waals surface area contributed by atoms with Crippen molar-refractivity contribution in [3.8, 4) is 28.4 Å². The predicted octanol–water partition coefficient (Wildman–Crippen LogP) is 3.18. The van der Waals surface area contributed by atoms with Gasteiger partial charge in [0.2, 0.25) is 0 Å². The van der Waals surface area contributed by atoms with Crippen LogP contribution < -0.4 is 20.6 Å². The van der Waals surface area contributed by atoms with E-state index in [2.05, 4.69) is 15.6 Å². The molecular weight excluding hydrogens is 446 g/mol. The van der Waals surface area contributed by atoms with Crippen molar-refractivity contribution in [1.82, 2.24) is 15.2 Å². The predicted molar refractivity (Wildman–Crippen MR) is 132 cm³/mol. The molecule has 3 N–H and O–H groups in total. The minimum Gasteiger partial charge on any atom is -0.493 e. The Balaban J connectivity index is 1.55. The van der Waals surface area contributed by atoms with Crippen molar-refractivity contribution >= 4 is 18.0 Å². The SMILES string of the molecule is COc1cc(/C=N/NC(=O)c2cn(-c3ccccc3)nc2-c2ccccc2)ccc1OCC(N)=O. The zero-order valence-corrected chi connectivity index (χ0v) is 18.9. The molecule has 0 atom stereocenters. The molecular formula is C26H23N5O4. The van der Waals surface area contributed by atoms with Crippen LogP contribution in [0.5, 0.6) is 11.5 Å². The highest BCUT2D eigenvalue weighted by Crippen LogP contribution is 2.27. The lowest BCUT2D eigenvalue weighted by atomic mass is 10.1. The maximum absolute atomic E-state index is 13.0. The van der Waals surface area contributed by atoms with Crippen molar-refractivity contribution in [1.29, 1.82) is 0 Å². The number of rotatable bonds is 9. The van der Waals surface area contributed by atoms with Crippen LogP contribution in [0.3, 0.4) is 0 Å². The third-order valence-electron chi connectivity index (χ3n) is 4.96. The molecule has 1 heterocycles. The van der Waals surface area contributed by atoms with Crippen LogP contribution in [0.25, 0.3) is 16.9 Å². The fourth-order valence-corrected chi connectivity index (χ4v) is 3.32. The summed E-state index contributed by atoms with van der Waals surface area (Å²) in [7, 11) is 1.48. The summed E-state index contributed by atoms with van der Waals surface area (Å²) in [5, 5.41) is 8.72. The van der Waals surface area contributed by atoms with Gasteiger partial charge in [-0.2, -0.15) is 10.2 Å². The molecule has 0 aliphatic rings. The Hall–Kier alpha value is -4.92. The van der Waals surface area contributed by atoms with Gasteiger partial charge in [-0.3, -0.25) is 9.59 Å². The molecule has 0 unspecified atom stereocenters. The number of aromatic nitrogens is 2. The third kappa shape index (κ3) is 5.72. The van der Waals surface area contributed by atoms with Crippen LogP contribution in [-0.2, 0) is 4.79 Å². The number of hydrazone groups is 1. The highest BCUT2D eigenvalue weighted by atomic mass is 16.5. The molecule has 176 valence electrons. The number of nitrogens with two attached hydrogens (primary N) is 1. The maximum atomic E-state index is 13.0. The first-order chi connectivity index (χ1) is 17.0. The molecule has 35 heavy (non-hydrogen) atoms. The van der Waals surface area contributed by atoms with Crippen LogP contribution in [0.1, 0.15) is 15.9 Å². The lowest BCUT2D eigenvalue weighted by molar-refractivity contribution is -0.119. The molecule has 4 aromatic rings. The second-order valence-corrected chi connectivity index (χ2v) is 7.40. The van der Waals surface area contributed by atoms with Crippen LogP contribution in [0.4, 0.5) is 0 Å². The lowest BCUT2D eigenvalue weighted by Gasteiger charge is -2.09. The summed E-state index contributed by atoms with van der Waals surface area (Å²) < 4.78 is 12.3. The largest absolute Gasteiger partial charge is 0.493 e. The highest BCUT2D eigenvalue weighted by molar-refractivity contribution is 6.00. The van der Waals surface area contributed by atoms with E-state index in [1.165, 1.54) is 13.3 Å². The second-order valence-electron chi connectivity index (χ2n) is 7.40. The molecule has 9 nitrogen and oxygen atoms in total. The molecule has 0 saturated carbocycles. The van der Waals surface area contributed by atoms with Crippen molar-refractivity contribution in [3.63, 3.8) is 0 Å². The van der Waals surface area contributed by atoms with Gasteiger partial charge in [0, 0.05) is 11.8 Å². The average molecular weight is 470 g/mol. The van der Waals surface area contributed by atoms with E-state index in [9.17, 15) is 9.59 Å². The summed E-state index contributed by atoms with van der Waals surface area (Å²) in [5.41, 5.74) is 10.9. The zero-order chi connectivity index (χ0) is 24.6. The molecule has 2 amide bonds. The number of carbonyl (C=O) groups excluding carboxylic acids is 2. The first-order valence-corrected chi connectivity index (χ1v) is 10.7. The number of carbonyl (C=O) groups is 2. The second kappa shape index (κ2) is 10.8. The fourth-order valence-electron chi connectivity index (χ4n) is 3.32. The summed E-state index contributed by atoms with van der Waals surface area (Å²) in [6.07, 6.45) is 3.15. The van der Waals surface area contributed by atoms with Crippen molar-refractivity contribution in [3.05, 3.63) is 96.2 Å². The van der Waals surface area contributed by atoms with E-state index in [-0.39, 0.29) is 6.61 Å². The van der Waals surface area contributed by atoms with Gasteiger partial charge in [0.1, 0.15) is 5.69 Å². The van der Waals surface area contributed by atoms with E-state index >= 15 is 0 Å². The number of methoxy groups -OCH3 is 1. The number of para-hydroxylation sites is 1. The Kier molecular flexibility index (Phi) is 7.17. The van der Waals surface area contributed by atoms with Crippen molar-refractivity contribution in [2.75, 3.05) is 13.7 Å². The Morgan fingerprint density at radius 1 is 1.03 bits per heavy atom. The van der Waals surface area contributed by atoms with Crippen LogP contribution in [0.15, 0.2) is 90.2 Å². The summed E-state index contributed by atoms with van der Waals surface area (Å²) in [5.74, 6) is -0.230. The van der Waals surface area contributed by atoms with E-state index in [0.717, 1.165) is 11.3 Å². The molecule has 1 aromatic heterocycles. The van der Waals surface area contributed by atoms with E-state index in [0.29, 0.717) is 28.3 Å². The normalized spacial score (nSPS) is 10.8. The Morgan fingerprint density at radius 2 is 1.74 bits per heavy atom. The van der Waals surface area contributed by atoms with E-state index < -0.39 is 11.8 Å². The van der Waals surface area contributed by atoms with E-state index in [1.807, 2.05) is 60.7 Å². The summed E-state index contributed by atoms with van der Waals surface area (Å²) in [6, 6.07) is 24.0. The standard InChI is InChI=1S/C26H23N5O4/c1-34-23-14-18(12-13-22(23)35-17-24(27)32)15-28-29-26(33)21-16-31(20-10-6-3-7-11-20)30-25(21)19-8-4-2-5-9-19/h2-16H,17H2,1H3,(H2,27,32)(H,29,33)/b28-15+. The summed E-state index contributed by atoms with van der Waals surface area (Å²) in [6.45, 7) is -0.264. The number of hydrogen-bond donors (Lipinski definition) is 2. The number of nitrogens with one attached hydrogen (secondary N) is 1. The lowest BCUT2D eigenvalue weighted by Crippen LogP contribution is -2.20. The van der Waals surface area contributed by atoms with Gasteiger partial charge in [-0.1, -0.05) is 48.5 Å². The van der Waals surface area contributed by atoms with Crippen LogP contribution in [0.2, 0.25) is 0 Å². The third-order valence-corrected chi connectivity index (χ3v) is 4.96. The van der Waals surface area contributed by atoms with Crippen LogP contribution >= 0.6 is 0 Å². The highest BCUT2D eigenvalue weighted by Gasteiger charge is 2.18. The first-order valence-electron chi connectivity index (χ1n) is 10.7. The van der Waals surface area contributed by atoms with Gasteiger partial charge in [0.05, 0.1) is 24.6 Å². The number of ether oxygens (including phenoxy) is 2. The van der Waals surface area contributed by atoms with Gasteiger partial charge < -0.3 is 15.2 Å². The van der Waals surface area contributed by atoms with Gasteiger partial charge >= 0.3 is 0 Å². The molecule has 4 rings (SSSR count).